The van der Waals surface area contributed by atoms with Gasteiger partial charge in [0.1, 0.15) is 5.82 Å². The molecule has 3 heteroatoms. The maximum Gasteiger partial charge on any atom is 0.149 e. The van der Waals surface area contributed by atoms with Gasteiger partial charge in [-0.15, -0.1) is 0 Å². The molecule has 0 unspecified atom stereocenters. The lowest BCUT2D eigenvalue weighted by Crippen LogP contribution is -2.29. The predicted octanol–water partition coefficient (Wildman–Crippen LogP) is 3.35. The van der Waals surface area contributed by atoms with Gasteiger partial charge >= 0.3 is 0 Å². The summed E-state index contributed by atoms with van der Waals surface area (Å²) in [5, 5.41) is 3.43. The van der Waals surface area contributed by atoms with Crippen molar-refractivity contribution in [2.75, 3.05) is 17.6 Å². The van der Waals surface area contributed by atoms with Crippen LogP contribution in [-0.2, 0) is 0 Å². The van der Waals surface area contributed by atoms with Crippen LogP contribution in [0.15, 0.2) is 12.3 Å². The van der Waals surface area contributed by atoms with Crippen LogP contribution < -0.4 is 11.1 Å². The van der Waals surface area contributed by atoms with Gasteiger partial charge in [-0.1, -0.05) is 26.2 Å². The van der Waals surface area contributed by atoms with Crippen molar-refractivity contribution in [1.82, 2.24) is 4.98 Å². The average molecular weight is 233 g/mol. The van der Waals surface area contributed by atoms with Crippen molar-refractivity contribution in [1.29, 1.82) is 0 Å². The Kier molecular flexibility index (Phi) is 3.55. The van der Waals surface area contributed by atoms with Gasteiger partial charge in [0.2, 0.25) is 0 Å². The van der Waals surface area contributed by atoms with E-state index in [0.29, 0.717) is 5.41 Å². The highest BCUT2D eigenvalue weighted by Crippen LogP contribution is 2.36. The first-order valence-electron chi connectivity index (χ1n) is 6.56. The van der Waals surface area contributed by atoms with Gasteiger partial charge in [0.05, 0.1) is 5.69 Å². The van der Waals surface area contributed by atoms with E-state index >= 15 is 0 Å². The highest BCUT2D eigenvalue weighted by Gasteiger charge is 2.26. The van der Waals surface area contributed by atoms with Gasteiger partial charge in [-0.2, -0.15) is 0 Å². The lowest BCUT2D eigenvalue weighted by molar-refractivity contribution is 0.233. The second kappa shape index (κ2) is 4.94. The van der Waals surface area contributed by atoms with Gasteiger partial charge < -0.3 is 11.1 Å². The Bertz CT molecular complexity index is 381. The zero-order valence-corrected chi connectivity index (χ0v) is 10.9. The zero-order valence-electron chi connectivity index (χ0n) is 10.9. The SMILES string of the molecule is Cc1ccnc(NCC2(C)CCCCC2)c1N. The highest BCUT2D eigenvalue weighted by atomic mass is 15.0. The molecule has 0 atom stereocenters. The van der Waals surface area contributed by atoms with Crippen LogP contribution >= 0.6 is 0 Å². The molecule has 1 aromatic heterocycles. The molecule has 17 heavy (non-hydrogen) atoms. The minimum absolute atomic E-state index is 0.413. The van der Waals surface area contributed by atoms with E-state index < -0.39 is 0 Å². The molecule has 94 valence electrons. The fraction of sp³-hybridized carbons (Fsp3) is 0.643. The molecule has 0 amide bonds. The monoisotopic (exact) mass is 233 g/mol. The normalized spacial score (nSPS) is 18.9. The van der Waals surface area contributed by atoms with Gasteiger partial charge in [0.15, 0.2) is 0 Å². The van der Waals surface area contributed by atoms with Gasteiger partial charge in [0.25, 0.3) is 0 Å². The third kappa shape index (κ3) is 2.90. The van der Waals surface area contributed by atoms with Gasteiger partial charge in [-0.05, 0) is 36.8 Å². The van der Waals surface area contributed by atoms with Gasteiger partial charge in [-0.3, -0.25) is 0 Å². The minimum Gasteiger partial charge on any atom is -0.396 e. The van der Waals surface area contributed by atoms with Crippen molar-refractivity contribution in [3.63, 3.8) is 0 Å². The first-order chi connectivity index (χ1) is 8.11. The summed E-state index contributed by atoms with van der Waals surface area (Å²) < 4.78 is 0. The van der Waals surface area contributed by atoms with Crippen molar-refractivity contribution in [3.05, 3.63) is 17.8 Å². The Labute approximate surface area is 104 Å². The van der Waals surface area contributed by atoms with Crippen molar-refractivity contribution in [3.8, 4) is 0 Å². The summed E-state index contributed by atoms with van der Waals surface area (Å²) >= 11 is 0. The number of hydrogen-bond donors (Lipinski definition) is 2. The number of rotatable bonds is 3. The standard InChI is InChI=1S/C14H23N3/c1-11-6-9-16-13(12(11)15)17-10-14(2)7-4-3-5-8-14/h6,9H,3-5,7-8,10,15H2,1-2H3,(H,16,17). The molecule has 0 aliphatic heterocycles. The molecule has 1 aliphatic carbocycles. The van der Waals surface area contributed by atoms with E-state index in [1.54, 1.807) is 0 Å². The maximum atomic E-state index is 6.02. The summed E-state index contributed by atoms with van der Waals surface area (Å²) in [6, 6.07) is 1.95. The van der Waals surface area contributed by atoms with Crippen molar-refractivity contribution in [2.24, 2.45) is 5.41 Å². The smallest absolute Gasteiger partial charge is 0.149 e. The Morgan fingerprint density at radius 2 is 2.06 bits per heavy atom. The molecule has 3 N–H and O–H groups in total. The number of nitrogen functional groups attached to an aromatic ring is 1. The fourth-order valence-corrected chi connectivity index (χ4v) is 2.59. The van der Waals surface area contributed by atoms with E-state index in [2.05, 4.69) is 17.2 Å². The molecular formula is C14H23N3. The molecule has 0 aromatic carbocycles. The number of aromatic nitrogens is 1. The number of nitrogens with zero attached hydrogens (tertiary/aromatic N) is 1. The Morgan fingerprint density at radius 1 is 1.35 bits per heavy atom. The molecule has 0 spiro atoms. The first kappa shape index (κ1) is 12.2. The molecule has 1 heterocycles. The van der Waals surface area contributed by atoms with Crippen LogP contribution in [0, 0.1) is 12.3 Å². The minimum atomic E-state index is 0.413. The number of pyridine rings is 1. The number of aryl methyl sites for hydroxylation is 1. The Balaban J connectivity index is 1.99. The molecule has 2 rings (SSSR count). The summed E-state index contributed by atoms with van der Waals surface area (Å²) in [6.07, 6.45) is 8.54. The molecule has 3 nitrogen and oxygen atoms in total. The van der Waals surface area contributed by atoms with E-state index in [9.17, 15) is 0 Å². The quantitative estimate of drug-likeness (QED) is 0.841. The number of hydrogen-bond acceptors (Lipinski definition) is 3. The van der Waals surface area contributed by atoms with Gasteiger partial charge in [0, 0.05) is 12.7 Å². The van der Waals surface area contributed by atoms with Gasteiger partial charge in [-0.25, -0.2) is 4.98 Å². The number of anilines is 2. The molecule has 1 saturated carbocycles. The highest BCUT2D eigenvalue weighted by molar-refractivity contribution is 5.64. The van der Waals surface area contributed by atoms with Crippen LogP contribution in [0.1, 0.15) is 44.6 Å². The maximum absolute atomic E-state index is 6.02. The second-order valence-electron chi connectivity index (χ2n) is 5.62. The average Bonchev–Trinajstić information content (AvgIpc) is 2.32. The number of nitrogens with two attached hydrogens (primary N) is 1. The van der Waals surface area contributed by atoms with E-state index in [4.69, 9.17) is 5.73 Å². The third-order valence-corrected chi connectivity index (χ3v) is 3.95. The fourth-order valence-electron chi connectivity index (χ4n) is 2.59. The summed E-state index contributed by atoms with van der Waals surface area (Å²) in [6.45, 7) is 5.36. The van der Waals surface area contributed by atoms with E-state index in [0.717, 1.165) is 23.6 Å². The largest absolute Gasteiger partial charge is 0.396 e. The molecule has 0 bridgehead atoms. The lowest BCUT2D eigenvalue weighted by Gasteiger charge is -2.34. The summed E-state index contributed by atoms with van der Waals surface area (Å²) in [4.78, 5) is 4.32. The Hall–Kier alpha value is -1.25. The summed E-state index contributed by atoms with van der Waals surface area (Å²) in [5.74, 6) is 0.844. The molecule has 1 aliphatic rings. The van der Waals surface area contributed by atoms with E-state index in [1.807, 2.05) is 19.2 Å². The molecular weight excluding hydrogens is 210 g/mol. The predicted molar refractivity (Wildman–Crippen MR) is 73.1 cm³/mol. The second-order valence-corrected chi connectivity index (χ2v) is 5.62. The van der Waals surface area contributed by atoms with Crippen LogP contribution in [0.4, 0.5) is 11.5 Å². The third-order valence-electron chi connectivity index (χ3n) is 3.95. The topological polar surface area (TPSA) is 50.9 Å². The van der Waals surface area contributed by atoms with Crippen molar-refractivity contribution >= 4 is 11.5 Å². The van der Waals surface area contributed by atoms with Crippen LogP contribution in [0.2, 0.25) is 0 Å². The van der Waals surface area contributed by atoms with Crippen LogP contribution in [-0.4, -0.2) is 11.5 Å². The summed E-state index contributed by atoms with van der Waals surface area (Å²) in [5.41, 5.74) is 8.31. The van der Waals surface area contributed by atoms with E-state index in [1.165, 1.54) is 32.1 Å². The molecule has 0 radical (unpaired) electrons. The van der Waals surface area contributed by atoms with Crippen molar-refractivity contribution in [2.45, 2.75) is 46.0 Å². The number of nitrogens with one attached hydrogen (secondary N) is 1. The Morgan fingerprint density at radius 3 is 2.76 bits per heavy atom. The van der Waals surface area contributed by atoms with E-state index in [-0.39, 0.29) is 0 Å². The molecule has 1 aromatic rings. The van der Waals surface area contributed by atoms with Crippen molar-refractivity contribution < 1.29 is 0 Å². The zero-order chi connectivity index (χ0) is 12.3. The molecule has 1 fully saturated rings. The van der Waals surface area contributed by atoms with Crippen LogP contribution in [0.25, 0.3) is 0 Å². The summed E-state index contributed by atoms with van der Waals surface area (Å²) in [7, 11) is 0. The first-order valence-corrected chi connectivity index (χ1v) is 6.56. The van der Waals surface area contributed by atoms with Crippen LogP contribution in [0.5, 0.6) is 0 Å². The lowest BCUT2D eigenvalue weighted by atomic mass is 9.76. The molecule has 0 saturated heterocycles. The van der Waals surface area contributed by atoms with Crippen LogP contribution in [0.3, 0.4) is 0 Å².